The first-order valence-corrected chi connectivity index (χ1v) is 8.77. The van der Waals surface area contributed by atoms with Crippen LogP contribution in [-0.2, 0) is 13.0 Å². The Kier molecular flexibility index (Phi) is 4.51. The van der Waals surface area contributed by atoms with Gasteiger partial charge in [-0.1, -0.05) is 51.1 Å². The minimum atomic E-state index is 0.264. The largest absolute Gasteiger partial charge is 0.346 e. The van der Waals surface area contributed by atoms with Gasteiger partial charge in [0.25, 0.3) is 0 Å². The van der Waals surface area contributed by atoms with E-state index < -0.39 is 0 Å². The molecule has 126 valence electrons. The topological polar surface area (TPSA) is 30.9 Å². The van der Waals surface area contributed by atoms with Crippen LogP contribution in [0.15, 0.2) is 48.7 Å². The molecule has 0 saturated carbocycles. The molecule has 1 aromatic heterocycles. The number of nitrogens with zero attached hydrogens (tertiary/aromatic N) is 1. The van der Waals surface area contributed by atoms with E-state index in [2.05, 4.69) is 80.9 Å². The zero-order valence-corrected chi connectivity index (χ0v) is 15.3. The van der Waals surface area contributed by atoms with Crippen molar-refractivity contribution in [2.24, 2.45) is 11.1 Å². The van der Waals surface area contributed by atoms with Crippen molar-refractivity contribution >= 4 is 10.9 Å². The summed E-state index contributed by atoms with van der Waals surface area (Å²) in [4.78, 5) is 0. The van der Waals surface area contributed by atoms with Crippen LogP contribution < -0.4 is 5.73 Å². The fourth-order valence-corrected chi connectivity index (χ4v) is 3.47. The molecule has 3 rings (SSSR count). The lowest BCUT2D eigenvalue weighted by Crippen LogP contribution is -2.10. The van der Waals surface area contributed by atoms with Crippen LogP contribution in [0.3, 0.4) is 0 Å². The van der Waals surface area contributed by atoms with E-state index >= 15 is 0 Å². The van der Waals surface area contributed by atoms with E-state index in [0.29, 0.717) is 6.54 Å². The molecule has 0 amide bonds. The van der Waals surface area contributed by atoms with Gasteiger partial charge >= 0.3 is 0 Å². The third-order valence-corrected chi connectivity index (χ3v) is 4.51. The average Bonchev–Trinajstić information content (AvgIpc) is 2.84. The van der Waals surface area contributed by atoms with Crippen molar-refractivity contribution in [2.45, 2.75) is 40.7 Å². The fraction of sp³-hybridized carbons (Fsp3) is 0.364. The highest BCUT2D eigenvalue weighted by Crippen LogP contribution is 2.32. The van der Waals surface area contributed by atoms with Crippen LogP contribution in [0.4, 0.5) is 0 Å². The van der Waals surface area contributed by atoms with E-state index in [0.717, 1.165) is 13.0 Å². The minimum absolute atomic E-state index is 0.264. The van der Waals surface area contributed by atoms with E-state index in [1.54, 1.807) is 0 Å². The number of nitrogens with two attached hydrogens (primary N) is 1. The van der Waals surface area contributed by atoms with Gasteiger partial charge in [0.1, 0.15) is 0 Å². The summed E-state index contributed by atoms with van der Waals surface area (Å²) in [5.41, 5.74) is 12.7. The molecule has 0 unspecified atom stereocenters. The highest BCUT2D eigenvalue weighted by atomic mass is 15.0. The fourth-order valence-electron chi connectivity index (χ4n) is 3.47. The predicted molar refractivity (Wildman–Crippen MR) is 104 cm³/mol. The monoisotopic (exact) mass is 320 g/mol. The van der Waals surface area contributed by atoms with Crippen molar-refractivity contribution < 1.29 is 0 Å². The Morgan fingerprint density at radius 1 is 1.04 bits per heavy atom. The Labute approximate surface area is 145 Å². The van der Waals surface area contributed by atoms with Crippen LogP contribution in [0.25, 0.3) is 22.0 Å². The zero-order valence-electron chi connectivity index (χ0n) is 15.3. The number of rotatable bonds is 4. The normalized spacial score (nSPS) is 12.0. The number of fused-ring (bicyclic) bond motifs is 1. The smallest absolute Gasteiger partial charge is 0.0484 e. The van der Waals surface area contributed by atoms with Gasteiger partial charge in [-0.3, -0.25) is 0 Å². The van der Waals surface area contributed by atoms with Crippen LogP contribution in [0, 0.1) is 12.3 Å². The molecule has 0 aliphatic heterocycles. The maximum atomic E-state index is 5.81. The SMILES string of the molecule is Cc1ccccc1-c1ccc2c(c1)c(CC(C)(C)C)cn2CCN. The molecule has 0 aliphatic carbocycles. The van der Waals surface area contributed by atoms with Crippen LogP contribution in [0.2, 0.25) is 0 Å². The first-order valence-electron chi connectivity index (χ1n) is 8.77. The molecule has 0 atom stereocenters. The second-order valence-corrected chi connectivity index (χ2v) is 7.92. The van der Waals surface area contributed by atoms with E-state index in [1.807, 2.05) is 0 Å². The third-order valence-electron chi connectivity index (χ3n) is 4.51. The Morgan fingerprint density at radius 3 is 2.46 bits per heavy atom. The summed E-state index contributed by atoms with van der Waals surface area (Å²) in [5.74, 6) is 0. The number of hydrogen-bond acceptors (Lipinski definition) is 1. The summed E-state index contributed by atoms with van der Waals surface area (Å²) in [7, 11) is 0. The van der Waals surface area contributed by atoms with Gasteiger partial charge in [0, 0.05) is 30.2 Å². The molecule has 2 heteroatoms. The van der Waals surface area contributed by atoms with Gasteiger partial charge in [0.05, 0.1) is 0 Å². The molecule has 1 heterocycles. The van der Waals surface area contributed by atoms with Crippen LogP contribution >= 0.6 is 0 Å². The Balaban J connectivity index is 2.16. The van der Waals surface area contributed by atoms with E-state index in [4.69, 9.17) is 5.73 Å². The molecule has 3 aromatic rings. The van der Waals surface area contributed by atoms with Crippen LogP contribution in [-0.4, -0.2) is 11.1 Å². The molecule has 0 radical (unpaired) electrons. The second-order valence-electron chi connectivity index (χ2n) is 7.92. The Hall–Kier alpha value is -2.06. The lowest BCUT2D eigenvalue weighted by atomic mass is 9.87. The van der Waals surface area contributed by atoms with Gasteiger partial charge < -0.3 is 10.3 Å². The minimum Gasteiger partial charge on any atom is -0.346 e. The first-order chi connectivity index (χ1) is 11.4. The van der Waals surface area contributed by atoms with Crippen LogP contribution in [0.5, 0.6) is 0 Å². The first kappa shape index (κ1) is 16.8. The van der Waals surface area contributed by atoms with Crippen molar-refractivity contribution in [1.29, 1.82) is 0 Å². The van der Waals surface area contributed by atoms with Crippen molar-refractivity contribution in [2.75, 3.05) is 6.54 Å². The lowest BCUT2D eigenvalue weighted by molar-refractivity contribution is 0.412. The molecule has 0 aliphatic rings. The Morgan fingerprint density at radius 2 is 1.79 bits per heavy atom. The van der Waals surface area contributed by atoms with Gasteiger partial charge in [-0.2, -0.15) is 0 Å². The van der Waals surface area contributed by atoms with Gasteiger partial charge in [-0.25, -0.2) is 0 Å². The third kappa shape index (κ3) is 3.39. The zero-order chi connectivity index (χ0) is 17.3. The summed E-state index contributed by atoms with van der Waals surface area (Å²) < 4.78 is 2.30. The molecule has 2 nitrogen and oxygen atoms in total. The average molecular weight is 320 g/mol. The summed E-state index contributed by atoms with van der Waals surface area (Å²) in [6.45, 7) is 10.6. The highest BCUT2D eigenvalue weighted by molar-refractivity contribution is 5.89. The van der Waals surface area contributed by atoms with E-state index in [-0.39, 0.29) is 5.41 Å². The summed E-state index contributed by atoms with van der Waals surface area (Å²) in [6.07, 6.45) is 3.36. The Bertz CT molecular complexity index is 850. The quantitative estimate of drug-likeness (QED) is 0.707. The number of aryl methyl sites for hydroxylation is 1. The maximum absolute atomic E-state index is 5.81. The highest BCUT2D eigenvalue weighted by Gasteiger charge is 2.17. The number of benzene rings is 2. The van der Waals surface area contributed by atoms with Gasteiger partial charge in [0.15, 0.2) is 0 Å². The lowest BCUT2D eigenvalue weighted by Gasteiger charge is -2.17. The summed E-state index contributed by atoms with van der Waals surface area (Å²) in [6, 6.07) is 15.4. The molecule has 2 N–H and O–H groups in total. The second kappa shape index (κ2) is 6.45. The maximum Gasteiger partial charge on any atom is 0.0484 e. The van der Waals surface area contributed by atoms with Crippen molar-refractivity contribution in [3.63, 3.8) is 0 Å². The predicted octanol–water partition coefficient (Wildman–Crippen LogP) is 5.16. The van der Waals surface area contributed by atoms with E-state index in [9.17, 15) is 0 Å². The molecule has 0 saturated heterocycles. The number of hydrogen-bond donors (Lipinski definition) is 1. The van der Waals surface area contributed by atoms with Gasteiger partial charge in [-0.15, -0.1) is 0 Å². The molecule has 0 fully saturated rings. The molecule has 0 bridgehead atoms. The van der Waals surface area contributed by atoms with E-state index in [1.165, 1.54) is 33.2 Å². The van der Waals surface area contributed by atoms with Crippen LogP contribution in [0.1, 0.15) is 31.9 Å². The molecular weight excluding hydrogens is 292 g/mol. The van der Waals surface area contributed by atoms with Crippen molar-refractivity contribution in [3.05, 3.63) is 59.8 Å². The van der Waals surface area contributed by atoms with Crippen molar-refractivity contribution in [1.82, 2.24) is 4.57 Å². The molecule has 2 aromatic carbocycles. The number of aromatic nitrogens is 1. The van der Waals surface area contributed by atoms with Crippen molar-refractivity contribution in [3.8, 4) is 11.1 Å². The molecular formula is C22H28N2. The standard InChI is InChI=1S/C22H28N2/c1-16-7-5-6-8-19(16)17-9-10-21-20(13-17)18(14-22(2,3)4)15-24(21)12-11-23/h5-10,13,15H,11-12,14,23H2,1-4H3. The van der Waals surface area contributed by atoms with Gasteiger partial charge in [-0.05, 0) is 53.1 Å². The summed E-state index contributed by atoms with van der Waals surface area (Å²) >= 11 is 0. The molecule has 24 heavy (non-hydrogen) atoms. The van der Waals surface area contributed by atoms with Gasteiger partial charge in [0.2, 0.25) is 0 Å². The summed E-state index contributed by atoms with van der Waals surface area (Å²) in [5, 5.41) is 1.36. The molecule has 0 spiro atoms.